The highest BCUT2D eigenvalue weighted by Crippen LogP contribution is 2.38. The molecule has 2 aromatic carbocycles. The fourth-order valence-electron chi connectivity index (χ4n) is 3.81. The lowest BCUT2D eigenvalue weighted by Crippen LogP contribution is -2.34. The molecular formula is C22H22F3N5OS. The first-order valence-electron chi connectivity index (χ1n) is 10.0. The van der Waals surface area contributed by atoms with Crippen LogP contribution >= 0.6 is 11.5 Å². The van der Waals surface area contributed by atoms with Crippen LogP contribution in [-0.4, -0.2) is 34.5 Å². The fraction of sp³-hybridized carbons (Fsp3) is 0.318. The van der Waals surface area contributed by atoms with Gasteiger partial charge in [0, 0.05) is 23.5 Å². The number of carbonyl (C=O) groups is 1. The fourth-order valence-corrected chi connectivity index (χ4v) is 4.48. The summed E-state index contributed by atoms with van der Waals surface area (Å²) in [5.41, 5.74) is 9.07. The highest BCUT2D eigenvalue weighted by Gasteiger charge is 2.40. The van der Waals surface area contributed by atoms with Crippen molar-refractivity contribution in [2.45, 2.75) is 32.5 Å². The lowest BCUT2D eigenvalue weighted by atomic mass is 9.98. The average molecular weight is 462 g/mol. The molecule has 1 atom stereocenters. The third-order valence-corrected chi connectivity index (χ3v) is 6.35. The Bertz CT molecular complexity index is 1160. The minimum Gasteiger partial charge on any atom is -0.376 e. The summed E-state index contributed by atoms with van der Waals surface area (Å²) >= 11 is 1.31. The molecule has 1 aliphatic rings. The van der Waals surface area contributed by atoms with Crippen LogP contribution in [0.1, 0.15) is 28.6 Å². The number of hydrogen-bond donors (Lipinski definition) is 2. The normalized spacial score (nSPS) is 14.4. The first-order valence-corrected chi connectivity index (χ1v) is 10.8. The number of nitrogens with one attached hydrogen (secondary N) is 1. The summed E-state index contributed by atoms with van der Waals surface area (Å²) < 4.78 is 43.6. The summed E-state index contributed by atoms with van der Waals surface area (Å²) in [6.07, 6.45) is -4.20. The zero-order chi connectivity index (χ0) is 23.0. The number of halogens is 3. The van der Waals surface area contributed by atoms with E-state index < -0.39 is 12.2 Å². The van der Waals surface area contributed by atoms with Gasteiger partial charge in [-0.3, -0.25) is 4.79 Å². The van der Waals surface area contributed by atoms with E-state index in [1.165, 1.54) is 28.6 Å². The number of nitrogens with two attached hydrogens (primary N) is 1. The summed E-state index contributed by atoms with van der Waals surface area (Å²) in [7, 11) is 0. The molecule has 2 heterocycles. The highest BCUT2D eigenvalue weighted by atomic mass is 32.1. The predicted molar refractivity (Wildman–Crippen MR) is 119 cm³/mol. The topological polar surface area (TPSA) is 84.1 Å². The summed E-state index contributed by atoms with van der Waals surface area (Å²) in [5, 5.41) is 3.95. The minimum atomic E-state index is -4.54. The molecule has 32 heavy (non-hydrogen) atoms. The molecule has 1 aromatic heterocycles. The maximum Gasteiger partial charge on any atom is 0.407 e. The van der Waals surface area contributed by atoms with E-state index in [0.717, 1.165) is 21.8 Å². The van der Waals surface area contributed by atoms with E-state index in [1.807, 2.05) is 32.0 Å². The van der Waals surface area contributed by atoms with Crippen molar-refractivity contribution >= 4 is 28.8 Å². The van der Waals surface area contributed by atoms with Crippen LogP contribution in [0.15, 0.2) is 36.4 Å². The van der Waals surface area contributed by atoms with Crippen molar-refractivity contribution in [3.8, 4) is 10.6 Å². The molecule has 1 unspecified atom stereocenters. The Balaban J connectivity index is 1.50. The lowest BCUT2D eigenvalue weighted by Gasteiger charge is -2.21. The van der Waals surface area contributed by atoms with Gasteiger partial charge >= 0.3 is 6.18 Å². The van der Waals surface area contributed by atoms with Crippen LogP contribution in [0.5, 0.6) is 0 Å². The monoisotopic (exact) mass is 461 g/mol. The van der Waals surface area contributed by atoms with Crippen LogP contribution in [-0.2, 0) is 11.2 Å². The first-order chi connectivity index (χ1) is 15.1. The van der Waals surface area contributed by atoms with Crippen molar-refractivity contribution < 1.29 is 18.0 Å². The van der Waals surface area contributed by atoms with Crippen LogP contribution in [0, 0.1) is 13.8 Å². The second-order valence-corrected chi connectivity index (χ2v) is 8.44. The number of hydrogen-bond acceptors (Lipinski definition) is 6. The number of rotatable bonds is 5. The van der Waals surface area contributed by atoms with Crippen molar-refractivity contribution in [2.24, 2.45) is 5.73 Å². The van der Waals surface area contributed by atoms with Gasteiger partial charge in [-0.15, -0.1) is 0 Å². The maximum atomic E-state index is 13.1. The van der Waals surface area contributed by atoms with Gasteiger partial charge in [-0.1, -0.05) is 24.3 Å². The van der Waals surface area contributed by atoms with Crippen LogP contribution in [0.4, 0.5) is 24.5 Å². The summed E-state index contributed by atoms with van der Waals surface area (Å²) in [6, 6.07) is 8.29. The molecule has 3 aromatic rings. The second-order valence-electron chi connectivity index (χ2n) is 7.69. The average Bonchev–Trinajstić information content (AvgIpc) is 3.38. The highest BCUT2D eigenvalue weighted by molar-refractivity contribution is 7.09. The smallest absolute Gasteiger partial charge is 0.376 e. The Labute approximate surface area is 187 Å². The zero-order valence-electron chi connectivity index (χ0n) is 17.5. The van der Waals surface area contributed by atoms with Crippen LogP contribution in [0.2, 0.25) is 0 Å². The van der Waals surface area contributed by atoms with Gasteiger partial charge in [0.2, 0.25) is 5.91 Å². The summed E-state index contributed by atoms with van der Waals surface area (Å²) in [5.74, 6) is 0.477. The van der Waals surface area contributed by atoms with E-state index >= 15 is 0 Å². The first kappa shape index (κ1) is 22.2. The van der Waals surface area contributed by atoms with Gasteiger partial charge in [-0.25, -0.2) is 4.98 Å². The lowest BCUT2D eigenvalue weighted by molar-refractivity contribution is -0.149. The molecule has 0 saturated carbocycles. The molecular weight excluding hydrogens is 439 g/mol. The van der Waals surface area contributed by atoms with E-state index in [4.69, 9.17) is 5.73 Å². The van der Waals surface area contributed by atoms with Gasteiger partial charge in [0.15, 0.2) is 0 Å². The van der Waals surface area contributed by atoms with Crippen LogP contribution in [0.25, 0.3) is 10.6 Å². The van der Waals surface area contributed by atoms with E-state index in [9.17, 15) is 18.0 Å². The molecule has 0 spiro atoms. The molecule has 3 N–H and O–H groups in total. The number of benzene rings is 2. The van der Waals surface area contributed by atoms with E-state index in [2.05, 4.69) is 14.7 Å². The van der Waals surface area contributed by atoms with Gasteiger partial charge < -0.3 is 16.0 Å². The molecule has 0 aliphatic carbocycles. The summed E-state index contributed by atoms with van der Waals surface area (Å²) in [6.45, 7) is 4.08. The van der Waals surface area contributed by atoms with Gasteiger partial charge in [-0.2, -0.15) is 17.5 Å². The molecule has 10 heteroatoms. The summed E-state index contributed by atoms with van der Waals surface area (Å²) in [4.78, 5) is 18.8. The van der Waals surface area contributed by atoms with Gasteiger partial charge in [-0.05, 0) is 60.6 Å². The third kappa shape index (κ3) is 4.33. The van der Waals surface area contributed by atoms with Crippen LogP contribution in [0.3, 0.4) is 0 Å². The predicted octanol–water partition coefficient (Wildman–Crippen LogP) is 4.39. The maximum absolute atomic E-state index is 13.1. The largest absolute Gasteiger partial charge is 0.407 e. The van der Waals surface area contributed by atoms with E-state index in [1.54, 1.807) is 6.07 Å². The number of alkyl halides is 3. The van der Waals surface area contributed by atoms with E-state index in [-0.39, 0.29) is 18.0 Å². The molecule has 1 aliphatic heterocycles. The standard InChI is InChI=1S/C22H22F3N5OS/c1-12-6-7-14(21-28-13(2)29-32-21)10-17(12)27-11-19(31)30-9-8-15-16(4-3-5-18(15)30)20(26)22(23,24)25/h3-7,10,20,27H,8-9,11,26H2,1-2H3. The van der Waals surface area contributed by atoms with Crippen molar-refractivity contribution in [3.05, 3.63) is 58.9 Å². The Kier molecular flexibility index (Phi) is 5.91. The van der Waals surface area contributed by atoms with Crippen molar-refractivity contribution in [2.75, 3.05) is 23.3 Å². The second kappa shape index (κ2) is 8.51. The molecule has 0 bridgehead atoms. The minimum absolute atomic E-state index is 0.00837. The molecule has 0 fully saturated rings. The number of amides is 1. The molecule has 168 valence electrons. The van der Waals surface area contributed by atoms with Crippen molar-refractivity contribution in [1.82, 2.24) is 9.36 Å². The van der Waals surface area contributed by atoms with E-state index in [0.29, 0.717) is 30.0 Å². The Morgan fingerprint density at radius 1 is 1.28 bits per heavy atom. The number of nitrogens with zero attached hydrogens (tertiary/aromatic N) is 3. The molecule has 0 radical (unpaired) electrons. The molecule has 0 saturated heterocycles. The molecule has 1 amide bonds. The Morgan fingerprint density at radius 3 is 2.75 bits per heavy atom. The van der Waals surface area contributed by atoms with Gasteiger partial charge in [0.25, 0.3) is 0 Å². The number of aryl methyl sites for hydroxylation is 2. The molecule has 4 rings (SSSR count). The number of fused-ring (bicyclic) bond motifs is 1. The Morgan fingerprint density at radius 2 is 2.06 bits per heavy atom. The third-order valence-electron chi connectivity index (χ3n) is 5.49. The number of aromatic nitrogens is 2. The van der Waals surface area contributed by atoms with Gasteiger partial charge in [0.05, 0.1) is 6.54 Å². The van der Waals surface area contributed by atoms with Crippen LogP contribution < -0.4 is 16.0 Å². The Hall–Kier alpha value is -2.98. The SMILES string of the molecule is Cc1nsc(-c2ccc(C)c(NCC(=O)N3CCc4c(C(N)C(F)(F)F)cccc43)c2)n1. The number of anilines is 2. The number of carbonyl (C=O) groups excluding carboxylic acids is 1. The molecule has 6 nitrogen and oxygen atoms in total. The quantitative estimate of drug-likeness (QED) is 0.589. The van der Waals surface area contributed by atoms with Crippen molar-refractivity contribution in [3.63, 3.8) is 0 Å². The van der Waals surface area contributed by atoms with Crippen molar-refractivity contribution in [1.29, 1.82) is 0 Å². The zero-order valence-corrected chi connectivity index (χ0v) is 18.3. The van der Waals surface area contributed by atoms with Gasteiger partial charge in [0.1, 0.15) is 16.9 Å².